The van der Waals surface area contributed by atoms with Gasteiger partial charge in [0.05, 0.1) is 33.4 Å². The Hall–Kier alpha value is -3.03. The summed E-state index contributed by atoms with van der Waals surface area (Å²) in [5.41, 5.74) is 1.21. The largest absolute Gasteiger partial charge is 0.410 e. The topological polar surface area (TPSA) is 110 Å². The van der Waals surface area contributed by atoms with Crippen molar-refractivity contribution >= 4 is 34.0 Å². The molecule has 0 spiro atoms. The average molecular weight is 410 g/mol. The van der Waals surface area contributed by atoms with Gasteiger partial charge in [-0.15, -0.1) is 21.5 Å². The van der Waals surface area contributed by atoms with Crippen LogP contribution in [-0.2, 0) is 12.3 Å². The van der Waals surface area contributed by atoms with E-state index in [1.807, 2.05) is 26.0 Å². The second-order valence-corrected chi connectivity index (χ2v) is 8.03. The molecule has 0 saturated heterocycles. The van der Waals surface area contributed by atoms with E-state index in [1.165, 1.54) is 27.7 Å². The van der Waals surface area contributed by atoms with E-state index in [2.05, 4.69) is 20.2 Å². The zero-order chi connectivity index (χ0) is 19.7. The van der Waals surface area contributed by atoms with Crippen LogP contribution in [0.4, 0.5) is 0 Å². The lowest BCUT2D eigenvalue weighted by atomic mass is 10.2. The molecule has 1 aromatic carbocycles. The Kier molecular flexibility index (Phi) is 4.93. The Balaban J connectivity index is 1.63. The summed E-state index contributed by atoms with van der Waals surface area (Å²) < 4.78 is 7.11. The van der Waals surface area contributed by atoms with Gasteiger partial charge in [-0.1, -0.05) is 23.9 Å². The minimum atomic E-state index is -0.232. The predicted octanol–water partition coefficient (Wildman–Crippen LogP) is 3.34. The third-order valence-corrected chi connectivity index (χ3v) is 5.87. The van der Waals surface area contributed by atoms with E-state index in [0.29, 0.717) is 33.6 Å². The highest BCUT2D eigenvalue weighted by atomic mass is 32.2. The van der Waals surface area contributed by atoms with Crippen LogP contribution in [0.1, 0.15) is 16.5 Å². The van der Waals surface area contributed by atoms with Gasteiger partial charge in [-0.05, 0) is 26.0 Å². The lowest BCUT2D eigenvalue weighted by Crippen LogP contribution is -2.24. The first-order chi connectivity index (χ1) is 13.6. The number of hydrogen-bond acceptors (Lipinski definition) is 9. The molecule has 0 bridgehead atoms. The number of fused-ring (bicyclic) bond motifs is 1. The molecule has 0 radical (unpaired) electrons. The van der Waals surface area contributed by atoms with Crippen molar-refractivity contribution in [3.63, 3.8) is 0 Å². The fourth-order valence-electron chi connectivity index (χ4n) is 2.77. The molecule has 3 heterocycles. The second kappa shape index (κ2) is 7.53. The summed E-state index contributed by atoms with van der Waals surface area (Å²) in [4.78, 5) is 22.4. The van der Waals surface area contributed by atoms with Gasteiger partial charge in [-0.25, -0.2) is 9.97 Å². The minimum absolute atomic E-state index is 0.0685. The summed E-state index contributed by atoms with van der Waals surface area (Å²) in [7, 11) is 0. The monoisotopic (exact) mass is 410 g/mol. The van der Waals surface area contributed by atoms with Crippen molar-refractivity contribution in [1.82, 2.24) is 24.7 Å². The van der Waals surface area contributed by atoms with Crippen LogP contribution in [0.5, 0.6) is 0 Å². The summed E-state index contributed by atoms with van der Waals surface area (Å²) in [5.74, 6) is 1.23. The van der Waals surface area contributed by atoms with Gasteiger partial charge < -0.3 is 4.42 Å². The summed E-state index contributed by atoms with van der Waals surface area (Å²) in [6.45, 7) is 3.75. The fourth-order valence-corrected chi connectivity index (χ4v) is 4.32. The van der Waals surface area contributed by atoms with Crippen LogP contribution in [0, 0.1) is 25.2 Å². The lowest BCUT2D eigenvalue weighted by Gasteiger charge is -2.09. The first kappa shape index (κ1) is 18.3. The number of hydrogen-bond donors (Lipinski definition) is 0. The molecule has 0 aliphatic heterocycles. The molecular formula is C18H14N6O2S2. The van der Waals surface area contributed by atoms with Crippen LogP contribution in [0.3, 0.4) is 0 Å². The van der Waals surface area contributed by atoms with Crippen LogP contribution < -0.4 is 5.56 Å². The summed E-state index contributed by atoms with van der Waals surface area (Å²) in [6, 6.07) is 9.11. The molecule has 0 N–H and O–H groups in total. The van der Waals surface area contributed by atoms with Gasteiger partial charge in [0.25, 0.3) is 16.7 Å². The molecule has 10 heteroatoms. The van der Waals surface area contributed by atoms with E-state index in [0.717, 1.165) is 15.6 Å². The van der Waals surface area contributed by atoms with Crippen LogP contribution >= 0.6 is 23.1 Å². The SMILES string of the molecule is Cc1nc(C)c(-c2nnc(SCc3nc4ccccc4c(=O)n3CC#N)o2)s1. The van der Waals surface area contributed by atoms with Crippen LogP contribution in [-0.4, -0.2) is 24.7 Å². The first-order valence-electron chi connectivity index (χ1n) is 8.33. The standard InChI is InChI=1S/C18H14N6O2S2/c1-10-15(28-11(2)20-10)16-22-23-18(26-16)27-9-14-21-13-6-4-3-5-12(13)17(25)24(14)8-7-19/h3-6H,8-9H2,1-2H3. The Morgan fingerprint density at radius 3 is 2.82 bits per heavy atom. The van der Waals surface area contributed by atoms with Crippen LogP contribution in [0.2, 0.25) is 0 Å². The van der Waals surface area contributed by atoms with Gasteiger partial charge in [-0.2, -0.15) is 5.26 Å². The normalized spacial score (nSPS) is 11.0. The lowest BCUT2D eigenvalue weighted by molar-refractivity contribution is 0.466. The molecule has 0 unspecified atom stereocenters. The maximum absolute atomic E-state index is 12.7. The smallest absolute Gasteiger partial charge is 0.277 e. The highest BCUT2D eigenvalue weighted by Gasteiger charge is 2.17. The number of aromatic nitrogens is 5. The number of aryl methyl sites for hydroxylation is 2. The quantitative estimate of drug-likeness (QED) is 0.461. The fraction of sp³-hybridized carbons (Fsp3) is 0.222. The molecule has 0 fully saturated rings. The Bertz CT molecular complexity index is 1270. The summed E-state index contributed by atoms with van der Waals surface area (Å²) >= 11 is 2.77. The van der Waals surface area contributed by atoms with Crippen molar-refractivity contribution in [2.75, 3.05) is 0 Å². The third kappa shape index (κ3) is 3.42. The zero-order valence-corrected chi connectivity index (χ0v) is 16.7. The van der Waals surface area contributed by atoms with Crippen LogP contribution in [0.15, 0.2) is 38.7 Å². The number of rotatable bonds is 5. The number of para-hydroxylation sites is 1. The highest BCUT2D eigenvalue weighted by Crippen LogP contribution is 2.31. The van der Waals surface area contributed by atoms with E-state index in [-0.39, 0.29) is 12.1 Å². The van der Waals surface area contributed by atoms with Crippen LogP contribution in [0.25, 0.3) is 21.7 Å². The average Bonchev–Trinajstić information content (AvgIpc) is 3.28. The molecule has 8 nitrogen and oxygen atoms in total. The number of nitriles is 1. The van der Waals surface area contributed by atoms with Crippen molar-refractivity contribution in [1.29, 1.82) is 5.26 Å². The molecule has 0 amide bonds. The van der Waals surface area contributed by atoms with Crippen molar-refractivity contribution < 1.29 is 4.42 Å². The maximum atomic E-state index is 12.7. The number of benzene rings is 1. The highest BCUT2D eigenvalue weighted by molar-refractivity contribution is 7.98. The molecule has 140 valence electrons. The first-order valence-corrected chi connectivity index (χ1v) is 10.1. The zero-order valence-electron chi connectivity index (χ0n) is 15.0. The van der Waals surface area contributed by atoms with Gasteiger partial charge in [0, 0.05) is 0 Å². The van der Waals surface area contributed by atoms with Gasteiger partial charge >= 0.3 is 0 Å². The van der Waals surface area contributed by atoms with Crippen molar-refractivity contribution in [3.8, 4) is 16.8 Å². The number of nitrogens with zero attached hydrogens (tertiary/aromatic N) is 6. The minimum Gasteiger partial charge on any atom is -0.410 e. The molecule has 0 atom stereocenters. The second-order valence-electron chi connectivity index (χ2n) is 5.90. The van der Waals surface area contributed by atoms with Gasteiger partial charge in [0.15, 0.2) is 0 Å². The van der Waals surface area contributed by atoms with E-state index in [4.69, 9.17) is 9.68 Å². The Morgan fingerprint density at radius 1 is 1.25 bits per heavy atom. The summed E-state index contributed by atoms with van der Waals surface area (Å²) in [5, 5.41) is 19.0. The molecule has 0 aliphatic rings. The molecule has 0 aliphatic carbocycles. The molecule has 4 aromatic rings. The van der Waals surface area contributed by atoms with E-state index < -0.39 is 0 Å². The molecule has 4 rings (SSSR count). The molecular weight excluding hydrogens is 396 g/mol. The van der Waals surface area contributed by atoms with Crippen molar-refractivity contribution in [2.24, 2.45) is 0 Å². The van der Waals surface area contributed by atoms with E-state index in [9.17, 15) is 4.79 Å². The molecule has 3 aromatic heterocycles. The maximum Gasteiger partial charge on any atom is 0.277 e. The van der Waals surface area contributed by atoms with E-state index >= 15 is 0 Å². The molecule has 28 heavy (non-hydrogen) atoms. The molecule has 0 saturated carbocycles. The Morgan fingerprint density at radius 2 is 2.07 bits per heavy atom. The number of thiazole rings is 1. The van der Waals surface area contributed by atoms with Gasteiger partial charge in [0.2, 0.25) is 0 Å². The third-order valence-electron chi connectivity index (χ3n) is 4.00. The van der Waals surface area contributed by atoms with Gasteiger partial charge in [-0.3, -0.25) is 9.36 Å². The van der Waals surface area contributed by atoms with Gasteiger partial charge in [0.1, 0.15) is 17.2 Å². The Labute approximate surface area is 167 Å². The predicted molar refractivity (Wildman–Crippen MR) is 106 cm³/mol. The summed E-state index contributed by atoms with van der Waals surface area (Å²) in [6.07, 6.45) is 0. The number of thioether (sulfide) groups is 1. The van der Waals surface area contributed by atoms with E-state index in [1.54, 1.807) is 18.2 Å². The van der Waals surface area contributed by atoms with Crippen molar-refractivity contribution in [2.45, 2.75) is 31.4 Å². The van der Waals surface area contributed by atoms with Crippen molar-refractivity contribution in [3.05, 3.63) is 51.1 Å².